The number of nitrogens with one attached hydrogen (secondary N) is 1. The van der Waals surface area contributed by atoms with Gasteiger partial charge in [-0.3, -0.25) is 14.5 Å². The molecule has 1 aliphatic rings. The number of carboxylic acid groups (broad SMARTS) is 1. The van der Waals surface area contributed by atoms with E-state index >= 15 is 0 Å². The fourth-order valence-corrected chi connectivity index (χ4v) is 3.77. The smallest absolute Gasteiger partial charge is 0.339 e. The number of thiocarbonyl (C=S) groups is 1. The number of halogens is 1. The minimum Gasteiger partial charge on any atom is -0.507 e. The van der Waals surface area contributed by atoms with Gasteiger partial charge in [0.25, 0.3) is 5.91 Å². The number of thioether (sulfide) groups is 1. The van der Waals surface area contributed by atoms with Crippen LogP contribution in [0.3, 0.4) is 0 Å². The number of phenols is 1. The molecule has 3 rings (SSSR count). The second-order valence-corrected chi connectivity index (χ2v) is 7.58. The lowest BCUT2D eigenvalue weighted by Gasteiger charge is -2.14. The van der Waals surface area contributed by atoms with E-state index in [0.29, 0.717) is 5.56 Å². The van der Waals surface area contributed by atoms with Crippen LogP contribution in [0.15, 0.2) is 47.4 Å². The summed E-state index contributed by atoms with van der Waals surface area (Å²) >= 11 is 6.15. The predicted molar refractivity (Wildman–Crippen MR) is 110 cm³/mol. The van der Waals surface area contributed by atoms with Crippen LogP contribution in [0.2, 0.25) is 0 Å². The number of carbonyl (C=O) groups is 3. The van der Waals surface area contributed by atoms with Crippen molar-refractivity contribution in [3.63, 3.8) is 0 Å². The molecule has 2 amide bonds. The van der Waals surface area contributed by atoms with Crippen LogP contribution < -0.4 is 5.32 Å². The Morgan fingerprint density at radius 2 is 2.00 bits per heavy atom. The summed E-state index contributed by atoms with van der Waals surface area (Å²) in [6, 6.07) is 9.26. The van der Waals surface area contributed by atoms with Crippen molar-refractivity contribution in [3.05, 3.63) is 64.3 Å². The Kier molecular flexibility index (Phi) is 5.95. The van der Waals surface area contributed by atoms with Gasteiger partial charge in [-0.05, 0) is 35.9 Å². The first-order valence-corrected chi connectivity index (χ1v) is 9.34. The third kappa shape index (κ3) is 4.79. The molecular formula is C19H13FN2O5S2. The number of anilines is 1. The molecular weight excluding hydrogens is 419 g/mol. The van der Waals surface area contributed by atoms with E-state index in [9.17, 15) is 23.9 Å². The Labute approximate surface area is 173 Å². The highest BCUT2D eigenvalue weighted by Gasteiger charge is 2.33. The number of aromatic carboxylic acids is 1. The van der Waals surface area contributed by atoms with Gasteiger partial charge < -0.3 is 15.5 Å². The molecule has 1 aliphatic heterocycles. The van der Waals surface area contributed by atoms with Gasteiger partial charge in [0.15, 0.2) is 0 Å². The zero-order valence-electron chi connectivity index (χ0n) is 14.6. The predicted octanol–water partition coefficient (Wildman–Crippen LogP) is 3.07. The van der Waals surface area contributed by atoms with E-state index in [1.54, 1.807) is 6.07 Å². The van der Waals surface area contributed by atoms with Crippen molar-refractivity contribution in [2.45, 2.75) is 0 Å². The molecule has 29 heavy (non-hydrogen) atoms. The summed E-state index contributed by atoms with van der Waals surface area (Å²) in [6.07, 6.45) is 1.49. The largest absolute Gasteiger partial charge is 0.507 e. The topological polar surface area (TPSA) is 107 Å². The number of hydrogen-bond donors (Lipinski definition) is 3. The summed E-state index contributed by atoms with van der Waals surface area (Å²) in [4.78, 5) is 37.1. The van der Waals surface area contributed by atoms with Gasteiger partial charge in [-0.2, -0.15) is 0 Å². The SMILES string of the molecule is O=C(CN1C(=O)/C(=C/c2cccc(F)c2)SC1=S)Nc1ccc(C(=O)O)c(O)c1. The lowest BCUT2D eigenvalue weighted by Crippen LogP contribution is -2.36. The molecule has 10 heteroatoms. The minimum atomic E-state index is -1.30. The Morgan fingerprint density at radius 3 is 2.66 bits per heavy atom. The van der Waals surface area contributed by atoms with Crippen LogP contribution in [-0.4, -0.2) is 43.8 Å². The fourth-order valence-electron chi connectivity index (χ4n) is 2.52. The van der Waals surface area contributed by atoms with E-state index in [-0.39, 0.29) is 27.0 Å². The molecule has 1 fully saturated rings. The molecule has 148 valence electrons. The highest BCUT2D eigenvalue weighted by Crippen LogP contribution is 2.32. The Hall–Kier alpha value is -3.24. The fraction of sp³-hybridized carbons (Fsp3) is 0.0526. The van der Waals surface area contributed by atoms with Crippen LogP contribution >= 0.6 is 24.0 Å². The van der Waals surface area contributed by atoms with Crippen molar-refractivity contribution in [2.75, 3.05) is 11.9 Å². The monoisotopic (exact) mass is 432 g/mol. The van der Waals surface area contributed by atoms with Gasteiger partial charge in [-0.1, -0.05) is 36.1 Å². The first-order valence-electron chi connectivity index (χ1n) is 8.11. The number of nitrogens with zero attached hydrogens (tertiary/aromatic N) is 1. The average molecular weight is 432 g/mol. The Balaban J connectivity index is 1.69. The van der Waals surface area contributed by atoms with E-state index in [0.717, 1.165) is 28.8 Å². The van der Waals surface area contributed by atoms with Crippen molar-refractivity contribution in [1.29, 1.82) is 0 Å². The van der Waals surface area contributed by atoms with Gasteiger partial charge in [-0.15, -0.1) is 0 Å². The van der Waals surface area contributed by atoms with Crippen LogP contribution in [0.1, 0.15) is 15.9 Å². The van der Waals surface area contributed by atoms with Crippen molar-refractivity contribution in [3.8, 4) is 5.75 Å². The molecule has 1 saturated heterocycles. The Bertz CT molecular complexity index is 1070. The minimum absolute atomic E-state index is 0.165. The number of hydrogen-bond acceptors (Lipinski definition) is 6. The number of benzene rings is 2. The standard InChI is InChI=1S/C19H13FN2O5S2/c20-11-3-1-2-10(6-11)7-15-17(25)22(19(28)29-15)9-16(24)21-12-4-5-13(18(26)27)14(23)8-12/h1-8,23H,9H2,(H,21,24)(H,26,27)/b15-7-. The molecule has 0 radical (unpaired) electrons. The number of rotatable bonds is 5. The van der Waals surface area contributed by atoms with Gasteiger partial charge in [0.05, 0.1) is 4.91 Å². The molecule has 2 aromatic rings. The van der Waals surface area contributed by atoms with E-state index in [1.807, 2.05) is 0 Å². The lowest BCUT2D eigenvalue weighted by atomic mass is 10.2. The number of carboxylic acids is 1. The zero-order chi connectivity index (χ0) is 21.1. The molecule has 0 unspecified atom stereocenters. The van der Waals surface area contributed by atoms with Gasteiger partial charge in [-0.25, -0.2) is 9.18 Å². The van der Waals surface area contributed by atoms with E-state index < -0.39 is 29.4 Å². The van der Waals surface area contributed by atoms with Gasteiger partial charge >= 0.3 is 5.97 Å². The quantitative estimate of drug-likeness (QED) is 0.492. The summed E-state index contributed by atoms with van der Waals surface area (Å²) in [5.74, 6) is -3.31. The first kappa shape index (κ1) is 20.5. The summed E-state index contributed by atoms with van der Waals surface area (Å²) in [5.41, 5.74) is 0.351. The van der Waals surface area contributed by atoms with Gasteiger partial charge in [0.1, 0.15) is 28.0 Å². The van der Waals surface area contributed by atoms with Crippen LogP contribution in [0.25, 0.3) is 6.08 Å². The van der Waals surface area contributed by atoms with E-state index in [4.69, 9.17) is 17.3 Å². The first-order chi connectivity index (χ1) is 13.7. The second-order valence-electron chi connectivity index (χ2n) is 5.91. The molecule has 0 saturated carbocycles. The molecule has 0 atom stereocenters. The molecule has 3 N–H and O–H groups in total. The Morgan fingerprint density at radius 1 is 1.24 bits per heavy atom. The van der Waals surface area contributed by atoms with Crippen LogP contribution in [-0.2, 0) is 9.59 Å². The summed E-state index contributed by atoms with van der Waals surface area (Å²) < 4.78 is 13.5. The molecule has 0 spiro atoms. The van der Waals surface area contributed by atoms with Crippen molar-refractivity contribution in [1.82, 2.24) is 4.90 Å². The van der Waals surface area contributed by atoms with Gasteiger partial charge in [0, 0.05) is 11.8 Å². The number of amides is 2. The molecule has 0 aromatic heterocycles. The van der Waals surface area contributed by atoms with Crippen LogP contribution in [0.4, 0.5) is 10.1 Å². The summed E-state index contributed by atoms with van der Waals surface area (Å²) in [7, 11) is 0. The van der Waals surface area contributed by atoms with Crippen molar-refractivity contribution < 1.29 is 29.0 Å². The summed E-state index contributed by atoms with van der Waals surface area (Å²) in [5, 5.41) is 21.0. The van der Waals surface area contributed by atoms with E-state index in [1.165, 1.54) is 30.3 Å². The zero-order valence-corrected chi connectivity index (χ0v) is 16.2. The number of carbonyl (C=O) groups excluding carboxylic acids is 2. The summed E-state index contributed by atoms with van der Waals surface area (Å²) in [6.45, 7) is -0.368. The van der Waals surface area contributed by atoms with Crippen LogP contribution in [0, 0.1) is 5.82 Å². The van der Waals surface area contributed by atoms with Gasteiger partial charge in [0.2, 0.25) is 5.91 Å². The molecule has 0 bridgehead atoms. The highest BCUT2D eigenvalue weighted by atomic mass is 32.2. The lowest BCUT2D eigenvalue weighted by molar-refractivity contribution is -0.126. The normalized spacial score (nSPS) is 15.1. The van der Waals surface area contributed by atoms with Crippen LogP contribution in [0.5, 0.6) is 5.75 Å². The third-order valence-corrected chi connectivity index (χ3v) is 5.21. The maximum atomic E-state index is 13.3. The second kappa shape index (κ2) is 8.41. The maximum Gasteiger partial charge on any atom is 0.339 e. The third-order valence-electron chi connectivity index (χ3n) is 3.83. The van der Waals surface area contributed by atoms with E-state index in [2.05, 4.69) is 5.32 Å². The molecule has 7 nitrogen and oxygen atoms in total. The molecule has 0 aliphatic carbocycles. The highest BCUT2D eigenvalue weighted by molar-refractivity contribution is 8.26. The average Bonchev–Trinajstić information content (AvgIpc) is 2.89. The maximum absolute atomic E-state index is 13.3. The molecule has 2 aromatic carbocycles. The number of aromatic hydroxyl groups is 1. The van der Waals surface area contributed by atoms with Crippen molar-refractivity contribution in [2.24, 2.45) is 0 Å². The van der Waals surface area contributed by atoms with Crippen molar-refractivity contribution >= 4 is 57.8 Å². The molecule has 1 heterocycles.